The Morgan fingerprint density at radius 3 is 2.68 bits per heavy atom. The first-order valence-corrected chi connectivity index (χ1v) is 7.05. The molecule has 0 saturated carbocycles. The molecule has 0 amide bonds. The minimum Gasteiger partial charge on any atom is -0.304 e. The molecule has 0 atom stereocenters. The molecule has 0 aliphatic carbocycles. The summed E-state index contributed by atoms with van der Waals surface area (Å²) in [5.41, 5.74) is 2.26. The molecule has 1 aromatic carbocycles. The van der Waals surface area contributed by atoms with E-state index in [2.05, 4.69) is 34.0 Å². The summed E-state index contributed by atoms with van der Waals surface area (Å²) in [5.74, 6) is 0. The summed E-state index contributed by atoms with van der Waals surface area (Å²) < 4.78 is 0. The summed E-state index contributed by atoms with van der Waals surface area (Å²) in [6.45, 7) is 5.46. The number of piperazine rings is 1. The summed E-state index contributed by atoms with van der Waals surface area (Å²) >= 11 is 6.13. The van der Waals surface area contributed by atoms with Crippen LogP contribution >= 0.6 is 11.6 Å². The zero-order valence-corrected chi connectivity index (χ0v) is 11.9. The van der Waals surface area contributed by atoms with E-state index in [0.29, 0.717) is 5.15 Å². The minimum atomic E-state index is 0.586. The lowest BCUT2D eigenvalue weighted by molar-refractivity contribution is 0.148. The number of hydrogen-bond donors (Lipinski definition) is 0. The molecule has 1 fully saturated rings. The third kappa shape index (κ3) is 2.89. The molecule has 1 aromatic heterocycles. The summed E-state index contributed by atoms with van der Waals surface area (Å²) in [4.78, 5) is 9.23. The Morgan fingerprint density at radius 2 is 1.89 bits per heavy atom. The SMILES string of the molecule is CN1CCN(Cc2cc(Cl)nc3ccccc23)CC1. The van der Waals surface area contributed by atoms with Gasteiger partial charge in [0.1, 0.15) is 5.15 Å². The van der Waals surface area contributed by atoms with Crippen molar-refractivity contribution in [2.24, 2.45) is 0 Å². The minimum absolute atomic E-state index is 0.586. The lowest BCUT2D eigenvalue weighted by Gasteiger charge is -2.32. The molecule has 1 aliphatic rings. The number of para-hydroxylation sites is 1. The van der Waals surface area contributed by atoms with Crippen molar-refractivity contribution in [1.29, 1.82) is 0 Å². The van der Waals surface area contributed by atoms with Crippen molar-refractivity contribution in [3.05, 3.63) is 41.0 Å². The van der Waals surface area contributed by atoms with Crippen LogP contribution in [0, 0.1) is 0 Å². The maximum atomic E-state index is 6.13. The van der Waals surface area contributed by atoms with Crippen LogP contribution in [-0.2, 0) is 6.54 Å². The zero-order valence-electron chi connectivity index (χ0n) is 11.1. The highest BCUT2D eigenvalue weighted by molar-refractivity contribution is 6.29. The smallest absolute Gasteiger partial charge is 0.130 e. The molecule has 2 aromatic rings. The van der Waals surface area contributed by atoms with Crippen molar-refractivity contribution in [2.75, 3.05) is 33.2 Å². The van der Waals surface area contributed by atoms with Gasteiger partial charge in [-0.15, -0.1) is 0 Å². The molecule has 2 heterocycles. The summed E-state index contributed by atoms with van der Waals surface area (Å²) in [6, 6.07) is 10.2. The largest absolute Gasteiger partial charge is 0.304 e. The molecule has 0 N–H and O–H groups in total. The molecule has 0 bridgehead atoms. The normalized spacial score (nSPS) is 18.0. The number of aromatic nitrogens is 1. The number of pyridine rings is 1. The van der Waals surface area contributed by atoms with Crippen LogP contribution in [0.4, 0.5) is 0 Å². The van der Waals surface area contributed by atoms with E-state index in [4.69, 9.17) is 11.6 Å². The van der Waals surface area contributed by atoms with Gasteiger partial charge in [-0.25, -0.2) is 4.98 Å². The predicted octanol–water partition coefficient (Wildman–Crippen LogP) is 2.64. The van der Waals surface area contributed by atoms with Gasteiger partial charge in [-0.05, 0) is 24.7 Å². The number of rotatable bonds is 2. The summed E-state index contributed by atoms with van der Waals surface area (Å²) in [5, 5.41) is 1.80. The van der Waals surface area contributed by atoms with Gasteiger partial charge in [-0.3, -0.25) is 4.90 Å². The predicted molar refractivity (Wildman–Crippen MR) is 79.5 cm³/mol. The van der Waals surface area contributed by atoms with Crippen molar-refractivity contribution >= 4 is 22.5 Å². The van der Waals surface area contributed by atoms with Gasteiger partial charge in [0.15, 0.2) is 0 Å². The number of halogens is 1. The van der Waals surface area contributed by atoms with Crippen LogP contribution in [0.2, 0.25) is 5.15 Å². The van der Waals surface area contributed by atoms with Gasteiger partial charge in [0.25, 0.3) is 0 Å². The third-order valence-electron chi connectivity index (χ3n) is 3.76. The van der Waals surface area contributed by atoms with E-state index in [0.717, 1.165) is 38.2 Å². The molecule has 4 heteroatoms. The number of hydrogen-bond acceptors (Lipinski definition) is 3. The van der Waals surface area contributed by atoms with Crippen LogP contribution < -0.4 is 0 Å². The van der Waals surface area contributed by atoms with E-state index in [1.54, 1.807) is 0 Å². The molecule has 0 unspecified atom stereocenters. The molecular weight excluding hydrogens is 258 g/mol. The molecule has 100 valence electrons. The maximum Gasteiger partial charge on any atom is 0.130 e. The van der Waals surface area contributed by atoms with Crippen LogP contribution in [-0.4, -0.2) is 48.0 Å². The van der Waals surface area contributed by atoms with Crippen molar-refractivity contribution in [3.63, 3.8) is 0 Å². The topological polar surface area (TPSA) is 19.4 Å². The lowest BCUT2D eigenvalue weighted by atomic mass is 10.1. The van der Waals surface area contributed by atoms with Crippen LogP contribution in [0.3, 0.4) is 0 Å². The second kappa shape index (κ2) is 5.45. The van der Waals surface area contributed by atoms with Gasteiger partial charge < -0.3 is 4.90 Å². The molecule has 3 rings (SSSR count). The van der Waals surface area contributed by atoms with Crippen LogP contribution in [0.25, 0.3) is 10.9 Å². The molecule has 1 saturated heterocycles. The van der Waals surface area contributed by atoms with Gasteiger partial charge in [0.05, 0.1) is 5.52 Å². The Balaban J connectivity index is 1.88. The van der Waals surface area contributed by atoms with E-state index >= 15 is 0 Å². The fourth-order valence-corrected chi connectivity index (χ4v) is 2.81. The molecule has 0 spiro atoms. The number of likely N-dealkylation sites (N-methyl/N-ethyl adjacent to an activating group) is 1. The van der Waals surface area contributed by atoms with Gasteiger partial charge in [0, 0.05) is 38.1 Å². The van der Waals surface area contributed by atoms with Crippen molar-refractivity contribution < 1.29 is 0 Å². The average molecular weight is 276 g/mol. The highest BCUT2D eigenvalue weighted by atomic mass is 35.5. The number of benzene rings is 1. The first-order valence-electron chi connectivity index (χ1n) is 6.67. The van der Waals surface area contributed by atoms with Crippen molar-refractivity contribution in [2.45, 2.75) is 6.54 Å². The van der Waals surface area contributed by atoms with Crippen LogP contribution in [0.15, 0.2) is 30.3 Å². The second-order valence-corrected chi connectivity index (χ2v) is 5.59. The fraction of sp³-hybridized carbons (Fsp3) is 0.400. The molecule has 19 heavy (non-hydrogen) atoms. The fourth-order valence-electron chi connectivity index (χ4n) is 2.59. The van der Waals surface area contributed by atoms with Crippen molar-refractivity contribution in [1.82, 2.24) is 14.8 Å². The Kier molecular flexibility index (Phi) is 3.69. The van der Waals surface area contributed by atoms with E-state index < -0.39 is 0 Å². The molecule has 3 nitrogen and oxygen atoms in total. The Morgan fingerprint density at radius 1 is 1.16 bits per heavy atom. The quantitative estimate of drug-likeness (QED) is 0.786. The summed E-state index contributed by atoms with van der Waals surface area (Å²) in [6.07, 6.45) is 0. The first kappa shape index (κ1) is 12.9. The Labute approximate surface area is 118 Å². The molecule has 1 aliphatic heterocycles. The Hall–Kier alpha value is -1.16. The van der Waals surface area contributed by atoms with Gasteiger partial charge >= 0.3 is 0 Å². The monoisotopic (exact) mass is 275 g/mol. The van der Waals surface area contributed by atoms with Gasteiger partial charge in [-0.2, -0.15) is 0 Å². The average Bonchev–Trinajstić information content (AvgIpc) is 2.41. The van der Waals surface area contributed by atoms with E-state index in [9.17, 15) is 0 Å². The van der Waals surface area contributed by atoms with Gasteiger partial charge in [0.2, 0.25) is 0 Å². The molecule has 0 radical (unpaired) electrons. The second-order valence-electron chi connectivity index (χ2n) is 5.20. The number of nitrogens with zero attached hydrogens (tertiary/aromatic N) is 3. The standard InChI is InChI=1S/C15H18ClN3/c1-18-6-8-19(9-7-18)11-12-10-15(16)17-14-5-3-2-4-13(12)14/h2-5,10H,6-9,11H2,1H3. The van der Waals surface area contributed by atoms with Crippen LogP contribution in [0.5, 0.6) is 0 Å². The van der Waals surface area contributed by atoms with E-state index in [-0.39, 0.29) is 0 Å². The molecular formula is C15H18ClN3. The van der Waals surface area contributed by atoms with Crippen LogP contribution in [0.1, 0.15) is 5.56 Å². The van der Waals surface area contributed by atoms with E-state index in [1.165, 1.54) is 10.9 Å². The highest BCUT2D eigenvalue weighted by Gasteiger charge is 2.15. The summed E-state index contributed by atoms with van der Waals surface area (Å²) in [7, 11) is 2.18. The first-order chi connectivity index (χ1) is 9.22. The van der Waals surface area contributed by atoms with Gasteiger partial charge in [-0.1, -0.05) is 29.8 Å². The zero-order chi connectivity index (χ0) is 13.2. The van der Waals surface area contributed by atoms with Crippen molar-refractivity contribution in [3.8, 4) is 0 Å². The van der Waals surface area contributed by atoms with E-state index in [1.807, 2.05) is 18.2 Å². The third-order valence-corrected chi connectivity index (χ3v) is 3.95. The lowest BCUT2D eigenvalue weighted by Crippen LogP contribution is -2.43. The highest BCUT2D eigenvalue weighted by Crippen LogP contribution is 2.22. The Bertz CT molecular complexity index is 577. The maximum absolute atomic E-state index is 6.13. The number of fused-ring (bicyclic) bond motifs is 1.